The van der Waals surface area contributed by atoms with Crippen molar-refractivity contribution in [1.29, 1.82) is 5.26 Å². The quantitative estimate of drug-likeness (QED) is 0.666. The molecule has 2 N–H and O–H groups in total. The topological polar surface area (TPSA) is 91.6 Å². The lowest BCUT2D eigenvalue weighted by molar-refractivity contribution is -0.154. The Balaban J connectivity index is 2.30. The van der Waals surface area contributed by atoms with Crippen LogP contribution in [0.5, 0.6) is 5.75 Å². The predicted molar refractivity (Wildman–Crippen MR) is 105 cm³/mol. The van der Waals surface area contributed by atoms with Crippen LogP contribution in [0, 0.1) is 34.3 Å². The van der Waals surface area contributed by atoms with Crippen molar-refractivity contribution in [2.75, 3.05) is 20.8 Å². The van der Waals surface area contributed by atoms with E-state index in [2.05, 4.69) is 11.4 Å². The van der Waals surface area contributed by atoms with Gasteiger partial charge in [-0.3, -0.25) is 4.79 Å². The Bertz CT molecular complexity index is 907. The minimum atomic E-state index is -1.44. The van der Waals surface area contributed by atoms with Gasteiger partial charge in [-0.25, -0.2) is 4.39 Å². The fourth-order valence-corrected chi connectivity index (χ4v) is 4.69. The second-order valence-electron chi connectivity index (χ2n) is 8.04. The van der Waals surface area contributed by atoms with Crippen molar-refractivity contribution < 1.29 is 28.2 Å². The molecule has 0 radical (unpaired) electrons. The highest BCUT2D eigenvalue weighted by Crippen LogP contribution is 2.57. The maximum atomic E-state index is 14.6. The van der Waals surface area contributed by atoms with E-state index < -0.39 is 35.0 Å². The number of ether oxygens (including phenoxy) is 2. The van der Waals surface area contributed by atoms with Crippen molar-refractivity contribution >= 4 is 5.97 Å². The van der Waals surface area contributed by atoms with Crippen molar-refractivity contribution in [2.45, 2.75) is 44.6 Å². The summed E-state index contributed by atoms with van der Waals surface area (Å²) in [5.74, 6) is -4.53. The van der Waals surface area contributed by atoms with Crippen molar-refractivity contribution in [2.24, 2.45) is 11.3 Å². The number of hydrogen-bond acceptors (Lipinski definition) is 5. The number of aliphatic carboxylic acids is 1. The standard InChI is InChI=1S/C22H26F2N2O4/c1-12-15(11-25)18(14-6-7-16(23)19(24)20(14)30-3)22(21(27)28,10-13-4-5-13)17(26-12)8-9-29-2/h6-7,13,17-18,26H,4-5,8-10H2,1-3H3,(H,27,28). The minimum Gasteiger partial charge on any atom is -0.493 e. The molecular weight excluding hydrogens is 394 g/mol. The first-order valence-electron chi connectivity index (χ1n) is 9.93. The molecule has 3 unspecified atom stereocenters. The smallest absolute Gasteiger partial charge is 0.312 e. The van der Waals surface area contributed by atoms with E-state index >= 15 is 0 Å². The summed E-state index contributed by atoms with van der Waals surface area (Å²) in [5, 5.41) is 23.7. The summed E-state index contributed by atoms with van der Waals surface area (Å²) in [5.41, 5.74) is -0.569. The maximum absolute atomic E-state index is 14.6. The van der Waals surface area contributed by atoms with Crippen molar-refractivity contribution in [3.05, 3.63) is 40.6 Å². The molecule has 0 aromatic heterocycles. The van der Waals surface area contributed by atoms with Crippen LogP contribution in [-0.2, 0) is 9.53 Å². The van der Waals surface area contributed by atoms with Crippen molar-refractivity contribution in [1.82, 2.24) is 5.32 Å². The van der Waals surface area contributed by atoms with E-state index in [1.54, 1.807) is 6.92 Å². The van der Waals surface area contributed by atoms with Gasteiger partial charge in [0, 0.05) is 36.9 Å². The Hall–Kier alpha value is -2.66. The number of halogens is 2. The summed E-state index contributed by atoms with van der Waals surface area (Å²) < 4.78 is 38.9. The summed E-state index contributed by atoms with van der Waals surface area (Å²) in [6.45, 7) is 2.01. The summed E-state index contributed by atoms with van der Waals surface area (Å²) in [6, 6.07) is 3.84. The van der Waals surface area contributed by atoms with Gasteiger partial charge >= 0.3 is 5.97 Å². The van der Waals surface area contributed by atoms with Gasteiger partial charge in [0.2, 0.25) is 5.82 Å². The van der Waals surface area contributed by atoms with E-state index in [0.29, 0.717) is 25.1 Å². The molecule has 1 aliphatic carbocycles. The number of carboxylic acid groups (broad SMARTS) is 1. The highest BCUT2D eigenvalue weighted by atomic mass is 19.2. The number of nitriles is 1. The van der Waals surface area contributed by atoms with E-state index in [1.807, 2.05) is 0 Å². The number of allylic oxidation sites excluding steroid dienone is 2. The molecule has 1 saturated carbocycles. The number of methoxy groups -OCH3 is 2. The molecule has 1 aromatic rings. The van der Waals surface area contributed by atoms with Gasteiger partial charge in [-0.2, -0.15) is 9.65 Å². The molecule has 6 nitrogen and oxygen atoms in total. The molecule has 3 atom stereocenters. The first kappa shape index (κ1) is 22.0. The van der Waals surface area contributed by atoms with Gasteiger partial charge in [0.15, 0.2) is 11.6 Å². The van der Waals surface area contributed by atoms with Crippen LogP contribution in [0.15, 0.2) is 23.4 Å². The monoisotopic (exact) mass is 420 g/mol. The zero-order valence-corrected chi connectivity index (χ0v) is 17.3. The summed E-state index contributed by atoms with van der Waals surface area (Å²) in [6.07, 6.45) is 2.50. The van der Waals surface area contributed by atoms with Gasteiger partial charge in [-0.05, 0) is 31.7 Å². The van der Waals surface area contributed by atoms with Crippen molar-refractivity contribution in [3.8, 4) is 11.8 Å². The second-order valence-corrected chi connectivity index (χ2v) is 8.04. The predicted octanol–water partition coefficient (Wildman–Crippen LogP) is 3.73. The third kappa shape index (κ3) is 3.63. The first-order chi connectivity index (χ1) is 14.3. The van der Waals surface area contributed by atoms with E-state index in [4.69, 9.17) is 9.47 Å². The SMILES string of the molecule is COCCC1NC(C)=C(C#N)C(c2ccc(F)c(F)c2OC)C1(CC1CC1)C(=O)O. The third-order valence-electron chi connectivity index (χ3n) is 6.27. The summed E-state index contributed by atoms with van der Waals surface area (Å²) in [7, 11) is 2.74. The number of rotatable bonds is 8. The second kappa shape index (κ2) is 8.60. The number of nitrogens with one attached hydrogen (secondary N) is 1. The molecule has 0 saturated heterocycles. The molecule has 0 spiro atoms. The van der Waals surface area contributed by atoms with E-state index in [-0.39, 0.29) is 22.8 Å². The van der Waals surface area contributed by atoms with Crippen molar-refractivity contribution in [3.63, 3.8) is 0 Å². The summed E-state index contributed by atoms with van der Waals surface area (Å²) in [4.78, 5) is 12.9. The van der Waals surface area contributed by atoms with Gasteiger partial charge in [-0.15, -0.1) is 0 Å². The first-order valence-corrected chi connectivity index (χ1v) is 9.93. The zero-order valence-electron chi connectivity index (χ0n) is 17.3. The number of nitrogens with zero attached hydrogens (tertiary/aromatic N) is 1. The lowest BCUT2D eigenvalue weighted by atomic mass is 9.59. The molecule has 1 heterocycles. The van der Waals surface area contributed by atoms with Gasteiger partial charge in [0.1, 0.15) is 0 Å². The highest BCUT2D eigenvalue weighted by Gasteiger charge is 2.58. The molecule has 1 aromatic carbocycles. The fraction of sp³-hybridized carbons (Fsp3) is 0.545. The third-order valence-corrected chi connectivity index (χ3v) is 6.27. The number of carbonyl (C=O) groups is 1. The molecule has 162 valence electrons. The summed E-state index contributed by atoms with van der Waals surface area (Å²) >= 11 is 0. The lowest BCUT2D eigenvalue weighted by Crippen LogP contribution is -2.57. The molecule has 30 heavy (non-hydrogen) atoms. The molecule has 8 heteroatoms. The molecule has 0 bridgehead atoms. The minimum absolute atomic E-state index is 0.166. The van der Waals surface area contributed by atoms with E-state index in [0.717, 1.165) is 18.9 Å². The number of carboxylic acids is 1. The van der Waals surface area contributed by atoms with E-state index in [9.17, 15) is 23.9 Å². The average molecular weight is 420 g/mol. The van der Waals surface area contributed by atoms with Crippen LogP contribution in [0.3, 0.4) is 0 Å². The van der Waals surface area contributed by atoms with Gasteiger partial charge in [0.25, 0.3) is 0 Å². The molecule has 1 aliphatic heterocycles. The Morgan fingerprint density at radius 2 is 2.07 bits per heavy atom. The maximum Gasteiger partial charge on any atom is 0.312 e. The van der Waals surface area contributed by atoms with Crippen LogP contribution in [0.2, 0.25) is 0 Å². The normalized spacial score (nSPS) is 26.1. The highest BCUT2D eigenvalue weighted by molar-refractivity contribution is 5.80. The molecule has 0 amide bonds. The molecule has 3 rings (SSSR count). The van der Waals surface area contributed by atoms with Crippen LogP contribution < -0.4 is 10.1 Å². The number of hydrogen-bond donors (Lipinski definition) is 2. The Kier molecular flexibility index (Phi) is 6.32. The van der Waals surface area contributed by atoms with Crippen LogP contribution in [0.25, 0.3) is 0 Å². The van der Waals surface area contributed by atoms with Crippen LogP contribution >= 0.6 is 0 Å². The average Bonchev–Trinajstić information content (AvgIpc) is 3.53. The Morgan fingerprint density at radius 3 is 2.60 bits per heavy atom. The Labute approximate surface area is 174 Å². The molecular formula is C22H26F2N2O4. The van der Waals surface area contributed by atoms with Gasteiger partial charge in [-0.1, -0.05) is 18.9 Å². The van der Waals surface area contributed by atoms with E-state index in [1.165, 1.54) is 20.3 Å². The molecule has 2 aliphatic rings. The van der Waals surface area contributed by atoms with Gasteiger partial charge < -0.3 is 19.9 Å². The zero-order chi connectivity index (χ0) is 22.1. The number of benzene rings is 1. The Morgan fingerprint density at radius 1 is 1.37 bits per heavy atom. The lowest BCUT2D eigenvalue weighted by Gasteiger charge is -2.48. The van der Waals surface area contributed by atoms with Crippen LogP contribution in [-0.4, -0.2) is 37.9 Å². The van der Waals surface area contributed by atoms with Gasteiger partial charge in [0.05, 0.1) is 24.2 Å². The fourth-order valence-electron chi connectivity index (χ4n) is 4.69. The molecule has 1 fully saturated rings. The van der Waals surface area contributed by atoms with Crippen LogP contribution in [0.1, 0.15) is 44.1 Å². The van der Waals surface area contributed by atoms with Crippen LogP contribution in [0.4, 0.5) is 8.78 Å². The largest absolute Gasteiger partial charge is 0.493 e.